The topological polar surface area (TPSA) is 79.3 Å². The van der Waals surface area contributed by atoms with Crippen molar-refractivity contribution in [3.8, 4) is 0 Å². The Hall–Kier alpha value is -3.35. The van der Waals surface area contributed by atoms with Gasteiger partial charge in [-0.15, -0.1) is 0 Å². The van der Waals surface area contributed by atoms with E-state index in [0.717, 1.165) is 23.1 Å². The highest BCUT2D eigenvalue weighted by Crippen LogP contribution is 2.26. The maximum atomic E-state index is 12.5. The van der Waals surface area contributed by atoms with E-state index in [1.807, 2.05) is 66.1 Å². The van der Waals surface area contributed by atoms with E-state index in [-0.39, 0.29) is 30.9 Å². The maximum absolute atomic E-state index is 12.5. The monoisotopic (exact) mass is 377 g/mol. The SMILES string of the molecule is C[C@@H](NC(=O)CCNC(=O)N1CCn2c1nc1ccccc12)c1ccccc1. The molecule has 3 aromatic rings. The molecule has 7 heteroatoms. The number of carbonyl (C=O) groups is 2. The minimum Gasteiger partial charge on any atom is -0.350 e. The molecule has 2 heterocycles. The Morgan fingerprint density at radius 3 is 2.64 bits per heavy atom. The number of anilines is 1. The molecule has 1 atom stereocenters. The predicted molar refractivity (Wildman–Crippen MR) is 108 cm³/mol. The van der Waals surface area contributed by atoms with Gasteiger partial charge >= 0.3 is 6.03 Å². The van der Waals surface area contributed by atoms with Gasteiger partial charge in [0.2, 0.25) is 11.9 Å². The molecule has 7 nitrogen and oxygen atoms in total. The Morgan fingerprint density at radius 1 is 1.07 bits per heavy atom. The van der Waals surface area contributed by atoms with Crippen LogP contribution in [0.4, 0.5) is 10.7 Å². The van der Waals surface area contributed by atoms with Crippen molar-refractivity contribution < 1.29 is 9.59 Å². The third-order valence-corrected chi connectivity index (χ3v) is 4.97. The fourth-order valence-electron chi connectivity index (χ4n) is 3.50. The van der Waals surface area contributed by atoms with Crippen molar-refractivity contribution in [2.45, 2.75) is 25.9 Å². The number of fused-ring (bicyclic) bond motifs is 3. The zero-order valence-corrected chi connectivity index (χ0v) is 15.8. The Morgan fingerprint density at radius 2 is 1.82 bits per heavy atom. The molecule has 144 valence electrons. The number of para-hydroxylation sites is 2. The van der Waals surface area contributed by atoms with Gasteiger partial charge in [0.25, 0.3) is 0 Å². The lowest BCUT2D eigenvalue weighted by atomic mass is 10.1. The first-order valence-electron chi connectivity index (χ1n) is 9.48. The summed E-state index contributed by atoms with van der Waals surface area (Å²) in [5.41, 5.74) is 2.96. The second-order valence-corrected chi connectivity index (χ2v) is 6.89. The van der Waals surface area contributed by atoms with Crippen LogP contribution < -0.4 is 15.5 Å². The summed E-state index contributed by atoms with van der Waals surface area (Å²) in [5, 5.41) is 5.78. The largest absolute Gasteiger partial charge is 0.350 e. The zero-order valence-electron chi connectivity index (χ0n) is 15.8. The number of benzene rings is 2. The van der Waals surface area contributed by atoms with Crippen molar-refractivity contribution in [1.29, 1.82) is 0 Å². The molecule has 28 heavy (non-hydrogen) atoms. The summed E-state index contributed by atoms with van der Waals surface area (Å²) in [4.78, 5) is 30.9. The molecule has 0 spiro atoms. The highest BCUT2D eigenvalue weighted by molar-refractivity contribution is 5.94. The predicted octanol–water partition coefficient (Wildman–Crippen LogP) is 2.83. The van der Waals surface area contributed by atoms with E-state index < -0.39 is 0 Å². The van der Waals surface area contributed by atoms with Crippen LogP contribution in [0.25, 0.3) is 11.0 Å². The van der Waals surface area contributed by atoms with Crippen molar-refractivity contribution in [3.63, 3.8) is 0 Å². The third-order valence-electron chi connectivity index (χ3n) is 4.97. The first-order chi connectivity index (χ1) is 13.6. The van der Waals surface area contributed by atoms with E-state index >= 15 is 0 Å². The highest BCUT2D eigenvalue weighted by atomic mass is 16.2. The van der Waals surface area contributed by atoms with Crippen LogP contribution >= 0.6 is 0 Å². The lowest BCUT2D eigenvalue weighted by molar-refractivity contribution is -0.121. The van der Waals surface area contributed by atoms with Crippen molar-refractivity contribution >= 4 is 28.9 Å². The number of urea groups is 1. The summed E-state index contributed by atoms with van der Waals surface area (Å²) in [6, 6.07) is 17.3. The lowest BCUT2D eigenvalue weighted by Crippen LogP contribution is -2.41. The third kappa shape index (κ3) is 3.55. The van der Waals surface area contributed by atoms with Gasteiger partial charge in [0.15, 0.2) is 0 Å². The number of nitrogens with zero attached hydrogens (tertiary/aromatic N) is 3. The molecule has 0 aliphatic carbocycles. The Labute approximate surface area is 163 Å². The van der Waals surface area contributed by atoms with Gasteiger partial charge in [0.1, 0.15) is 0 Å². The molecule has 0 fully saturated rings. The van der Waals surface area contributed by atoms with Gasteiger partial charge in [0, 0.05) is 26.1 Å². The number of hydrogen-bond acceptors (Lipinski definition) is 3. The van der Waals surface area contributed by atoms with Gasteiger partial charge in [-0.05, 0) is 24.6 Å². The fourth-order valence-corrected chi connectivity index (χ4v) is 3.50. The van der Waals surface area contributed by atoms with E-state index in [1.54, 1.807) is 4.90 Å². The standard InChI is InChI=1S/C21H23N5O2/c1-15(16-7-3-2-4-8-16)23-19(27)11-12-22-21(28)26-14-13-25-18-10-6-5-9-17(18)24-20(25)26/h2-10,15H,11-14H2,1H3,(H,22,28)(H,23,27)/t15-/m1/s1. The molecule has 0 unspecified atom stereocenters. The Bertz CT molecular complexity index is 998. The number of aromatic nitrogens is 2. The second-order valence-electron chi connectivity index (χ2n) is 6.89. The molecule has 1 aliphatic rings. The van der Waals surface area contributed by atoms with E-state index in [1.165, 1.54) is 0 Å². The number of rotatable bonds is 5. The molecule has 1 aromatic heterocycles. The normalized spacial score (nSPS) is 14.0. The van der Waals surface area contributed by atoms with Gasteiger partial charge in [0.05, 0.1) is 17.1 Å². The van der Waals surface area contributed by atoms with E-state index in [4.69, 9.17) is 0 Å². The molecule has 2 aromatic carbocycles. The van der Waals surface area contributed by atoms with Crippen molar-refractivity contribution in [2.75, 3.05) is 18.0 Å². The minimum absolute atomic E-state index is 0.0668. The second kappa shape index (κ2) is 7.72. The summed E-state index contributed by atoms with van der Waals surface area (Å²) >= 11 is 0. The molecular formula is C21H23N5O2. The van der Waals surface area contributed by atoms with E-state index in [9.17, 15) is 9.59 Å². The van der Waals surface area contributed by atoms with Crippen LogP contribution in [0.2, 0.25) is 0 Å². The van der Waals surface area contributed by atoms with E-state index in [2.05, 4.69) is 15.6 Å². The van der Waals surface area contributed by atoms with Gasteiger partial charge in [-0.25, -0.2) is 9.78 Å². The van der Waals surface area contributed by atoms with Gasteiger partial charge in [-0.2, -0.15) is 0 Å². The van der Waals surface area contributed by atoms with Crippen LogP contribution in [0.5, 0.6) is 0 Å². The molecule has 3 amide bonds. The quantitative estimate of drug-likeness (QED) is 0.718. The van der Waals surface area contributed by atoms with Crippen molar-refractivity contribution in [2.24, 2.45) is 0 Å². The zero-order chi connectivity index (χ0) is 19.5. The first-order valence-corrected chi connectivity index (χ1v) is 9.48. The van der Waals surface area contributed by atoms with E-state index in [0.29, 0.717) is 12.5 Å². The molecular weight excluding hydrogens is 354 g/mol. The van der Waals surface area contributed by atoms with Crippen LogP contribution in [-0.4, -0.2) is 34.6 Å². The van der Waals surface area contributed by atoms with Crippen LogP contribution in [0, 0.1) is 0 Å². The number of carbonyl (C=O) groups excluding carboxylic acids is 2. The molecule has 2 N–H and O–H groups in total. The first kappa shape index (κ1) is 18.0. The summed E-state index contributed by atoms with van der Waals surface area (Å²) < 4.78 is 2.04. The average molecular weight is 377 g/mol. The minimum atomic E-state index is -0.224. The summed E-state index contributed by atoms with van der Waals surface area (Å²) in [6.07, 6.45) is 0.229. The van der Waals surface area contributed by atoms with Crippen LogP contribution in [0.15, 0.2) is 54.6 Å². The summed E-state index contributed by atoms with van der Waals surface area (Å²) in [6.45, 7) is 3.53. The molecule has 4 rings (SSSR count). The van der Waals surface area contributed by atoms with Gasteiger partial charge in [-0.1, -0.05) is 42.5 Å². The smallest absolute Gasteiger partial charge is 0.324 e. The Balaban J connectivity index is 1.29. The fraction of sp³-hybridized carbons (Fsp3) is 0.286. The van der Waals surface area contributed by atoms with Crippen molar-refractivity contribution in [3.05, 3.63) is 60.2 Å². The summed E-state index contributed by atoms with van der Waals surface area (Å²) in [5.74, 6) is 0.561. The number of amides is 3. The average Bonchev–Trinajstić information content (AvgIpc) is 3.27. The maximum Gasteiger partial charge on any atom is 0.324 e. The number of hydrogen-bond donors (Lipinski definition) is 2. The number of nitrogens with one attached hydrogen (secondary N) is 2. The van der Waals surface area contributed by atoms with Gasteiger partial charge in [-0.3, -0.25) is 9.69 Å². The van der Waals surface area contributed by atoms with Crippen LogP contribution in [0.3, 0.4) is 0 Å². The molecule has 0 bridgehead atoms. The van der Waals surface area contributed by atoms with Crippen molar-refractivity contribution in [1.82, 2.24) is 20.2 Å². The molecule has 0 radical (unpaired) electrons. The highest BCUT2D eigenvalue weighted by Gasteiger charge is 2.28. The molecule has 0 saturated heterocycles. The molecule has 1 aliphatic heterocycles. The molecule has 0 saturated carbocycles. The summed E-state index contributed by atoms with van der Waals surface area (Å²) in [7, 11) is 0. The van der Waals surface area contributed by atoms with Crippen LogP contribution in [0.1, 0.15) is 24.9 Å². The van der Waals surface area contributed by atoms with Crippen LogP contribution in [-0.2, 0) is 11.3 Å². The lowest BCUT2D eigenvalue weighted by Gasteiger charge is -2.16. The Kier molecular flexibility index (Phi) is 4.97. The number of imidazole rings is 1. The van der Waals surface area contributed by atoms with Gasteiger partial charge < -0.3 is 15.2 Å².